The molecule has 1 heterocycles. The molecule has 0 unspecified atom stereocenters. The van der Waals surface area contributed by atoms with Gasteiger partial charge in [0.1, 0.15) is 0 Å². The molecule has 0 atom stereocenters. The fourth-order valence-corrected chi connectivity index (χ4v) is 6.91. The van der Waals surface area contributed by atoms with Crippen molar-refractivity contribution in [3.8, 4) is 28.2 Å². The zero-order valence-electron chi connectivity index (χ0n) is 22.8. The predicted molar refractivity (Wildman–Crippen MR) is 164 cm³/mol. The molecule has 1 aromatic heterocycles. The van der Waals surface area contributed by atoms with Gasteiger partial charge in [0.05, 0.1) is 10.6 Å². The highest BCUT2D eigenvalue weighted by molar-refractivity contribution is 7.99. The van der Waals surface area contributed by atoms with Crippen LogP contribution in [-0.4, -0.2) is 52.1 Å². The van der Waals surface area contributed by atoms with Gasteiger partial charge in [-0.2, -0.15) is 4.31 Å². The number of hydrogen-bond donors (Lipinski definition) is 0. The average Bonchev–Trinajstić information content (AvgIpc) is 3.45. The molecule has 0 fully saturated rings. The average molecular weight is 583 g/mol. The van der Waals surface area contributed by atoms with Crippen LogP contribution in [0.25, 0.3) is 28.2 Å². The lowest BCUT2D eigenvalue weighted by Gasteiger charge is -2.19. The lowest BCUT2D eigenvalue weighted by atomic mass is 10.0. The first-order valence-corrected chi connectivity index (χ1v) is 15.8. The van der Waals surface area contributed by atoms with E-state index in [1.807, 2.05) is 109 Å². The molecule has 7 nitrogen and oxygen atoms in total. The summed E-state index contributed by atoms with van der Waals surface area (Å²) < 4.78 is 29.7. The number of thioether (sulfide) groups is 1. The number of ketones is 1. The molecule has 208 valence electrons. The smallest absolute Gasteiger partial charge is 0.243 e. The Hall–Kier alpha value is -4.05. The first-order chi connectivity index (χ1) is 19.9. The van der Waals surface area contributed by atoms with Crippen molar-refractivity contribution in [1.82, 2.24) is 19.1 Å². The van der Waals surface area contributed by atoms with E-state index in [1.54, 1.807) is 18.2 Å². The van der Waals surface area contributed by atoms with Crippen molar-refractivity contribution in [2.24, 2.45) is 0 Å². The summed E-state index contributed by atoms with van der Waals surface area (Å²) in [4.78, 5) is 13.3. The fraction of sp³-hybridized carbons (Fsp3) is 0.156. The normalized spacial score (nSPS) is 11.6. The first kappa shape index (κ1) is 28.5. The van der Waals surface area contributed by atoms with Crippen molar-refractivity contribution < 1.29 is 13.2 Å². The zero-order chi connectivity index (χ0) is 28.8. The second kappa shape index (κ2) is 12.6. The molecule has 0 spiro atoms. The van der Waals surface area contributed by atoms with E-state index in [4.69, 9.17) is 0 Å². The van der Waals surface area contributed by atoms with Gasteiger partial charge in [0.15, 0.2) is 16.8 Å². The summed E-state index contributed by atoms with van der Waals surface area (Å²) in [5.41, 5.74) is 4.19. The van der Waals surface area contributed by atoms with Crippen LogP contribution in [-0.2, 0) is 10.0 Å². The van der Waals surface area contributed by atoms with Crippen molar-refractivity contribution in [1.29, 1.82) is 0 Å². The number of hydrogen-bond acceptors (Lipinski definition) is 6. The van der Waals surface area contributed by atoms with Gasteiger partial charge in [-0.3, -0.25) is 9.36 Å². The third kappa shape index (κ3) is 6.17. The van der Waals surface area contributed by atoms with Crippen LogP contribution < -0.4 is 0 Å². The molecule has 0 saturated carbocycles. The Morgan fingerprint density at radius 2 is 1.37 bits per heavy atom. The Morgan fingerprint density at radius 1 is 0.756 bits per heavy atom. The van der Waals surface area contributed by atoms with Crippen molar-refractivity contribution in [3.63, 3.8) is 0 Å². The molecule has 0 aliphatic rings. The second-order valence-corrected chi connectivity index (χ2v) is 12.1. The maximum atomic E-state index is 13.2. The van der Waals surface area contributed by atoms with Gasteiger partial charge in [-0.1, -0.05) is 111 Å². The van der Waals surface area contributed by atoms with Crippen LogP contribution >= 0.6 is 11.8 Å². The minimum Gasteiger partial charge on any atom is -0.293 e. The molecular formula is C32H30N4O3S2. The molecule has 0 radical (unpaired) electrons. The third-order valence-corrected chi connectivity index (χ3v) is 9.70. The Labute approximate surface area is 244 Å². The molecule has 0 N–H and O–H groups in total. The summed E-state index contributed by atoms with van der Waals surface area (Å²) in [6, 6.07) is 34.0. The molecule has 4 aromatic carbocycles. The fourth-order valence-electron chi connectivity index (χ4n) is 4.56. The number of carbonyl (C=O) groups is 1. The number of benzene rings is 4. The van der Waals surface area contributed by atoms with Gasteiger partial charge in [0.2, 0.25) is 10.0 Å². The van der Waals surface area contributed by atoms with Gasteiger partial charge >= 0.3 is 0 Å². The highest BCUT2D eigenvalue weighted by atomic mass is 32.2. The summed E-state index contributed by atoms with van der Waals surface area (Å²) in [5, 5.41) is 9.39. The number of nitrogens with zero attached hydrogens (tertiary/aromatic N) is 4. The molecule has 9 heteroatoms. The lowest BCUT2D eigenvalue weighted by molar-refractivity contribution is 0.102. The van der Waals surface area contributed by atoms with Crippen LogP contribution in [0.2, 0.25) is 0 Å². The standard InChI is InChI=1S/C32H30N4O3S2/c1-3-35(4-2)41(38,39)29-17-11-14-27(22-29)31-33-34-32(36(31)28-15-9-6-10-16-28)40-23-30(37)26-20-18-25(19-21-26)24-12-7-5-8-13-24/h5-22H,3-4,23H2,1-2H3. The van der Waals surface area contributed by atoms with Crippen LogP contribution in [0.1, 0.15) is 24.2 Å². The molecule has 0 aliphatic carbocycles. The van der Waals surface area contributed by atoms with E-state index in [0.717, 1.165) is 16.8 Å². The monoisotopic (exact) mass is 582 g/mol. The van der Waals surface area contributed by atoms with E-state index >= 15 is 0 Å². The van der Waals surface area contributed by atoms with E-state index in [9.17, 15) is 13.2 Å². The SMILES string of the molecule is CCN(CC)S(=O)(=O)c1cccc(-c2nnc(SCC(=O)c3ccc(-c4ccccc4)cc3)n2-c2ccccc2)c1. The minimum atomic E-state index is -3.65. The topological polar surface area (TPSA) is 85.2 Å². The minimum absolute atomic E-state index is 0.0221. The Morgan fingerprint density at radius 3 is 2.02 bits per heavy atom. The van der Waals surface area contributed by atoms with Crippen molar-refractivity contribution in [2.75, 3.05) is 18.8 Å². The van der Waals surface area contributed by atoms with E-state index < -0.39 is 10.0 Å². The molecule has 5 rings (SSSR count). The number of aromatic nitrogens is 3. The molecule has 0 saturated heterocycles. The van der Waals surface area contributed by atoms with Crippen LogP contribution in [0.15, 0.2) is 119 Å². The summed E-state index contributed by atoms with van der Waals surface area (Å²) in [7, 11) is -3.65. The van der Waals surface area contributed by atoms with Gasteiger partial charge in [0, 0.05) is 29.9 Å². The summed E-state index contributed by atoms with van der Waals surface area (Å²) >= 11 is 1.30. The molecule has 0 bridgehead atoms. The van der Waals surface area contributed by atoms with Gasteiger partial charge in [0.25, 0.3) is 0 Å². The van der Waals surface area contributed by atoms with Crippen molar-refractivity contribution in [3.05, 3.63) is 115 Å². The van der Waals surface area contributed by atoms with Crippen molar-refractivity contribution in [2.45, 2.75) is 23.9 Å². The number of para-hydroxylation sites is 1. The Balaban J connectivity index is 1.43. The van der Waals surface area contributed by atoms with E-state index in [0.29, 0.717) is 35.2 Å². The highest BCUT2D eigenvalue weighted by Gasteiger charge is 2.24. The highest BCUT2D eigenvalue weighted by Crippen LogP contribution is 2.30. The maximum absolute atomic E-state index is 13.2. The van der Waals surface area contributed by atoms with Crippen LogP contribution in [0, 0.1) is 0 Å². The molecule has 41 heavy (non-hydrogen) atoms. The van der Waals surface area contributed by atoms with Crippen LogP contribution in [0.5, 0.6) is 0 Å². The summed E-state index contributed by atoms with van der Waals surface area (Å²) in [6.07, 6.45) is 0. The predicted octanol–water partition coefficient (Wildman–Crippen LogP) is 6.61. The van der Waals surface area contributed by atoms with Gasteiger partial charge < -0.3 is 0 Å². The van der Waals surface area contributed by atoms with E-state index in [2.05, 4.69) is 10.2 Å². The number of sulfonamides is 1. The summed E-state index contributed by atoms with van der Waals surface area (Å²) in [5.74, 6) is 0.646. The Bertz CT molecular complexity index is 1730. The zero-order valence-corrected chi connectivity index (χ0v) is 24.5. The second-order valence-electron chi connectivity index (χ2n) is 9.25. The first-order valence-electron chi connectivity index (χ1n) is 13.3. The van der Waals surface area contributed by atoms with E-state index in [1.165, 1.54) is 16.1 Å². The van der Waals surface area contributed by atoms with Crippen LogP contribution in [0.3, 0.4) is 0 Å². The Kier molecular flexibility index (Phi) is 8.78. The van der Waals surface area contributed by atoms with Gasteiger partial charge in [-0.25, -0.2) is 8.42 Å². The molecular weight excluding hydrogens is 553 g/mol. The number of Topliss-reactive ketones (excluding diaryl/α,β-unsaturated/α-hetero) is 1. The van der Waals surface area contributed by atoms with Gasteiger partial charge in [-0.15, -0.1) is 10.2 Å². The quantitative estimate of drug-likeness (QED) is 0.129. The molecule has 0 aliphatic heterocycles. The largest absolute Gasteiger partial charge is 0.293 e. The number of rotatable bonds is 11. The van der Waals surface area contributed by atoms with Crippen molar-refractivity contribution >= 4 is 27.6 Å². The van der Waals surface area contributed by atoms with Crippen LogP contribution in [0.4, 0.5) is 0 Å². The molecule has 0 amide bonds. The number of carbonyl (C=O) groups excluding carboxylic acids is 1. The van der Waals surface area contributed by atoms with E-state index in [-0.39, 0.29) is 16.4 Å². The third-order valence-electron chi connectivity index (χ3n) is 6.73. The summed E-state index contributed by atoms with van der Waals surface area (Å²) in [6.45, 7) is 4.40. The molecule has 5 aromatic rings. The lowest BCUT2D eigenvalue weighted by Crippen LogP contribution is -2.30. The maximum Gasteiger partial charge on any atom is 0.243 e. The van der Waals surface area contributed by atoms with Gasteiger partial charge in [-0.05, 0) is 35.4 Å².